The fourth-order valence-electron chi connectivity index (χ4n) is 4.77. The van der Waals surface area contributed by atoms with Crippen LogP contribution in [-0.2, 0) is 38.5 Å². The van der Waals surface area contributed by atoms with Gasteiger partial charge in [0.2, 0.25) is 5.60 Å². The smallest absolute Gasteiger partial charge is 0.459 e. The summed E-state index contributed by atoms with van der Waals surface area (Å²) >= 11 is 0. The predicted octanol–water partition coefficient (Wildman–Crippen LogP) is 2.63. The summed E-state index contributed by atoms with van der Waals surface area (Å²) in [7, 11) is -4.45. The highest BCUT2D eigenvalue weighted by molar-refractivity contribution is 7.52. The maximum atomic E-state index is 15.1. The van der Waals surface area contributed by atoms with Gasteiger partial charge in [-0.15, -0.1) is 0 Å². The highest BCUT2D eigenvalue weighted by Crippen LogP contribution is 2.51. The Hall–Kier alpha value is -4.13. The molecule has 3 aromatic rings. The summed E-state index contributed by atoms with van der Waals surface area (Å²) in [5.41, 5.74) is 0.454. The van der Waals surface area contributed by atoms with Crippen molar-refractivity contribution in [3.63, 3.8) is 0 Å². The number of benzene rings is 1. The molecular formula is C28H34FN6O9P. The average molecular weight is 649 g/mol. The number of anilines is 1. The van der Waals surface area contributed by atoms with Gasteiger partial charge in [-0.3, -0.25) is 14.1 Å². The number of aliphatic hydroxyl groups is 1. The van der Waals surface area contributed by atoms with E-state index in [0.717, 1.165) is 23.8 Å². The summed E-state index contributed by atoms with van der Waals surface area (Å²) in [5.74, 6) is -3.22. The minimum absolute atomic E-state index is 0.0608. The van der Waals surface area contributed by atoms with Crippen LogP contribution in [0, 0.1) is 23.1 Å². The summed E-state index contributed by atoms with van der Waals surface area (Å²) < 4.78 is 58.2. The van der Waals surface area contributed by atoms with Gasteiger partial charge in [-0.2, -0.15) is 15.4 Å². The molecule has 1 aliphatic heterocycles. The Kier molecular flexibility index (Phi) is 9.81. The SMILES string of the molecule is CCOC(=O)[C@H](C)N[P@](=O)(OC[C@H]1O[C@@](C#N)(c2cc(F)c3c(N)ncnn23)[C@](C)(O)[C@@H]1OC(=O)C(C)C)Oc1ccccc1. The molecule has 1 fully saturated rings. The van der Waals surface area contributed by atoms with Gasteiger partial charge in [0, 0.05) is 6.07 Å². The lowest BCUT2D eigenvalue weighted by molar-refractivity contribution is -0.168. The van der Waals surface area contributed by atoms with Crippen molar-refractivity contribution in [1.29, 1.82) is 5.26 Å². The molecule has 4 N–H and O–H groups in total. The highest BCUT2D eigenvalue weighted by Gasteiger charge is 2.68. The van der Waals surface area contributed by atoms with Gasteiger partial charge in [0.1, 0.15) is 41.4 Å². The van der Waals surface area contributed by atoms with E-state index in [-0.39, 0.29) is 29.4 Å². The molecule has 0 saturated carbocycles. The molecule has 3 heterocycles. The number of carbonyl (C=O) groups is 2. The van der Waals surface area contributed by atoms with Gasteiger partial charge < -0.3 is 29.6 Å². The van der Waals surface area contributed by atoms with E-state index in [1.165, 1.54) is 19.1 Å². The van der Waals surface area contributed by atoms with E-state index in [9.17, 15) is 24.5 Å². The molecule has 1 saturated heterocycles. The van der Waals surface area contributed by atoms with Crippen molar-refractivity contribution in [2.24, 2.45) is 5.92 Å². The molecule has 242 valence electrons. The molecule has 15 nitrogen and oxygen atoms in total. The average Bonchev–Trinajstić information content (AvgIpc) is 3.44. The second kappa shape index (κ2) is 13.1. The number of rotatable bonds is 12. The normalized spacial score (nSPS) is 25.0. The standard InChI is InChI=1S/C28H34FN6O9P/c1-6-40-26(37)17(4)34-45(39,44-18-10-8-7-9-11-18)41-13-20-23(42-25(36)16(2)3)27(5,38)28(14-30,43-20)21-12-19(29)22-24(31)32-15-33-35(21)22/h7-12,15-17,20,23,38H,6,13H2,1-5H3,(H,34,39)(H2,31,32,33)/t17-,20+,23+,27+,28-,45-/m0/s1. The second-order valence-electron chi connectivity index (χ2n) is 10.7. The molecule has 0 spiro atoms. The zero-order valence-electron chi connectivity index (χ0n) is 25.2. The van der Waals surface area contributed by atoms with Crippen LogP contribution in [0.5, 0.6) is 5.75 Å². The van der Waals surface area contributed by atoms with Gasteiger partial charge in [0.15, 0.2) is 17.7 Å². The first-order chi connectivity index (χ1) is 21.2. The fraction of sp³-hybridized carbons (Fsp3) is 0.464. The molecule has 1 aromatic carbocycles. The van der Waals surface area contributed by atoms with Crippen LogP contribution in [0.4, 0.5) is 10.2 Å². The number of nitrogens with two attached hydrogens (primary N) is 1. The third kappa shape index (κ3) is 6.49. The number of nitrogen functional groups attached to an aromatic ring is 1. The Morgan fingerprint density at radius 2 is 1.98 bits per heavy atom. The number of aromatic nitrogens is 3. The van der Waals surface area contributed by atoms with E-state index < -0.39 is 67.5 Å². The Morgan fingerprint density at radius 3 is 2.60 bits per heavy atom. The Balaban J connectivity index is 1.75. The number of hydrogen-bond donors (Lipinski definition) is 3. The molecule has 1 aliphatic rings. The topological polar surface area (TPSA) is 210 Å². The van der Waals surface area contributed by atoms with Crippen molar-refractivity contribution in [2.45, 2.75) is 64.1 Å². The highest BCUT2D eigenvalue weighted by atomic mass is 31.2. The first-order valence-electron chi connectivity index (χ1n) is 13.9. The van der Waals surface area contributed by atoms with E-state index in [1.807, 2.05) is 6.07 Å². The van der Waals surface area contributed by atoms with E-state index in [0.29, 0.717) is 0 Å². The van der Waals surface area contributed by atoms with Crippen LogP contribution in [0.15, 0.2) is 42.7 Å². The molecular weight excluding hydrogens is 614 g/mol. The third-order valence-electron chi connectivity index (χ3n) is 7.07. The van der Waals surface area contributed by atoms with Crippen molar-refractivity contribution in [3.8, 4) is 11.8 Å². The minimum atomic E-state index is -4.45. The maximum Gasteiger partial charge on any atom is 0.459 e. The van der Waals surface area contributed by atoms with Crippen molar-refractivity contribution in [1.82, 2.24) is 19.7 Å². The number of nitrogens with zero attached hydrogens (tertiary/aromatic N) is 4. The van der Waals surface area contributed by atoms with E-state index in [1.54, 1.807) is 39.0 Å². The molecule has 2 aromatic heterocycles. The first-order valence-corrected chi connectivity index (χ1v) is 15.5. The zero-order chi connectivity index (χ0) is 33.2. The number of carbonyl (C=O) groups excluding carboxylic acids is 2. The van der Waals surface area contributed by atoms with Crippen LogP contribution in [0.2, 0.25) is 0 Å². The minimum Gasteiger partial charge on any atom is -0.465 e. The Labute approximate surface area is 257 Å². The van der Waals surface area contributed by atoms with Gasteiger partial charge in [0.05, 0.1) is 24.8 Å². The van der Waals surface area contributed by atoms with Crippen LogP contribution in [0.1, 0.15) is 40.3 Å². The third-order valence-corrected chi connectivity index (χ3v) is 8.71. The number of hydrogen-bond acceptors (Lipinski definition) is 13. The molecule has 0 unspecified atom stereocenters. The van der Waals surface area contributed by atoms with Crippen LogP contribution in [-0.4, -0.2) is 68.7 Å². The van der Waals surface area contributed by atoms with Crippen molar-refractivity contribution in [3.05, 3.63) is 54.2 Å². The fourth-order valence-corrected chi connectivity index (χ4v) is 6.27. The molecule has 0 radical (unpaired) electrons. The Bertz CT molecular complexity index is 1650. The lowest BCUT2D eigenvalue weighted by Crippen LogP contribution is -2.54. The number of para-hydroxylation sites is 1. The maximum absolute atomic E-state index is 15.1. The summed E-state index contributed by atoms with van der Waals surface area (Å²) in [4.78, 5) is 28.9. The predicted molar refractivity (Wildman–Crippen MR) is 155 cm³/mol. The lowest BCUT2D eigenvalue weighted by atomic mass is 9.80. The number of esters is 2. The van der Waals surface area contributed by atoms with Gasteiger partial charge in [0.25, 0.3) is 0 Å². The van der Waals surface area contributed by atoms with E-state index >= 15 is 4.39 Å². The molecule has 17 heteroatoms. The molecule has 6 atom stereocenters. The molecule has 0 aliphatic carbocycles. The number of fused-ring (bicyclic) bond motifs is 1. The molecule has 4 rings (SSSR count). The quantitative estimate of drug-likeness (QED) is 0.191. The van der Waals surface area contributed by atoms with Gasteiger partial charge in [-0.05, 0) is 32.9 Å². The van der Waals surface area contributed by atoms with Gasteiger partial charge >= 0.3 is 19.7 Å². The Morgan fingerprint density at radius 1 is 1.29 bits per heavy atom. The van der Waals surface area contributed by atoms with Crippen LogP contribution < -0.4 is 15.3 Å². The summed E-state index contributed by atoms with van der Waals surface area (Å²) in [6, 6.07) is 9.54. The van der Waals surface area contributed by atoms with Crippen LogP contribution in [0.3, 0.4) is 0 Å². The number of halogens is 1. The van der Waals surface area contributed by atoms with Gasteiger partial charge in [-0.25, -0.2) is 18.5 Å². The second-order valence-corrected chi connectivity index (χ2v) is 12.4. The van der Waals surface area contributed by atoms with Crippen molar-refractivity contribution in [2.75, 3.05) is 18.9 Å². The monoisotopic (exact) mass is 648 g/mol. The van der Waals surface area contributed by atoms with E-state index in [2.05, 4.69) is 15.2 Å². The van der Waals surface area contributed by atoms with E-state index in [4.69, 9.17) is 29.0 Å². The molecule has 0 amide bonds. The van der Waals surface area contributed by atoms with Crippen LogP contribution in [0.25, 0.3) is 5.52 Å². The summed E-state index contributed by atoms with van der Waals surface area (Å²) in [5, 5.41) is 28.9. The van der Waals surface area contributed by atoms with Gasteiger partial charge in [-0.1, -0.05) is 32.0 Å². The zero-order valence-corrected chi connectivity index (χ0v) is 26.1. The number of nitriles is 1. The molecule has 0 bridgehead atoms. The molecule has 45 heavy (non-hydrogen) atoms. The van der Waals surface area contributed by atoms with Crippen molar-refractivity contribution < 1.29 is 46.9 Å². The largest absolute Gasteiger partial charge is 0.465 e. The number of ether oxygens (including phenoxy) is 3. The summed E-state index contributed by atoms with van der Waals surface area (Å²) in [6.45, 7) is 6.59. The first kappa shape index (κ1) is 33.8. The number of nitrogens with one attached hydrogen (secondary N) is 1. The van der Waals surface area contributed by atoms with Crippen LogP contribution >= 0.6 is 7.75 Å². The lowest BCUT2D eigenvalue weighted by Gasteiger charge is -2.34. The summed E-state index contributed by atoms with van der Waals surface area (Å²) in [6.07, 6.45) is -2.11. The van der Waals surface area contributed by atoms with Crippen molar-refractivity contribution >= 4 is 31.0 Å².